The fourth-order valence-corrected chi connectivity index (χ4v) is 3.34. The topological polar surface area (TPSA) is 110 Å². The number of pyridine rings is 2. The molecule has 3 aromatic heterocycles. The van der Waals surface area contributed by atoms with Crippen molar-refractivity contribution in [3.63, 3.8) is 0 Å². The molecule has 0 aromatic carbocycles. The summed E-state index contributed by atoms with van der Waals surface area (Å²) in [5, 5.41) is 15.7. The lowest BCUT2D eigenvalue weighted by Gasteiger charge is -2.12. The molecule has 27 heavy (non-hydrogen) atoms. The maximum atomic E-state index is 12.1. The first-order chi connectivity index (χ1) is 13.2. The van der Waals surface area contributed by atoms with Gasteiger partial charge in [0.25, 0.3) is 0 Å². The van der Waals surface area contributed by atoms with E-state index in [-0.39, 0.29) is 11.8 Å². The van der Waals surface area contributed by atoms with Crippen molar-refractivity contribution >= 4 is 28.3 Å². The third-order valence-corrected chi connectivity index (χ3v) is 4.98. The Morgan fingerprint density at radius 1 is 1.26 bits per heavy atom. The molecule has 0 unspecified atom stereocenters. The van der Waals surface area contributed by atoms with Crippen molar-refractivity contribution in [1.82, 2.24) is 30.0 Å². The second-order valence-electron chi connectivity index (χ2n) is 6.91. The van der Waals surface area contributed by atoms with Gasteiger partial charge in [0.1, 0.15) is 17.5 Å². The van der Waals surface area contributed by atoms with Crippen LogP contribution in [0.4, 0.5) is 11.6 Å². The standard InChI is InChI=1S/C18H20N8O/c1-19-16-12-7-21-14(23-18(27)10-2-3-10)6-11(12)13(8-22-16)17-24-15-4-5-20-9-26(15)25-17/h6-8,10,20H,2-5,9H2,1H3,(H,19,22)(H,21,23,27). The summed E-state index contributed by atoms with van der Waals surface area (Å²) in [5.74, 6) is 3.03. The molecule has 3 N–H and O–H groups in total. The molecule has 1 amide bonds. The smallest absolute Gasteiger partial charge is 0.228 e. The highest BCUT2D eigenvalue weighted by atomic mass is 16.2. The van der Waals surface area contributed by atoms with Crippen molar-refractivity contribution in [2.75, 3.05) is 24.2 Å². The van der Waals surface area contributed by atoms with Gasteiger partial charge < -0.3 is 10.6 Å². The summed E-state index contributed by atoms with van der Waals surface area (Å²) in [6.07, 6.45) is 6.26. The molecule has 0 spiro atoms. The molecule has 5 rings (SSSR count). The minimum absolute atomic E-state index is 0.0351. The number of nitrogens with one attached hydrogen (secondary N) is 3. The zero-order chi connectivity index (χ0) is 18.4. The van der Waals surface area contributed by atoms with Crippen LogP contribution in [-0.4, -0.2) is 44.2 Å². The number of nitrogens with zero attached hydrogens (tertiary/aromatic N) is 5. The van der Waals surface area contributed by atoms with E-state index in [1.54, 1.807) is 12.4 Å². The van der Waals surface area contributed by atoms with E-state index in [0.717, 1.165) is 53.8 Å². The molecule has 0 bridgehead atoms. The van der Waals surface area contributed by atoms with Crippen LogP contribution in [0.5, 0.6) is 0 Å². The van der Waals surface area contributed by atoms with Gasteiger partial charge in [-0.2, -0.15) is 0 Å². The Morgan fingerprint density at radius 3 is 2.93 bits per heavy atom. The predicted octanol–water partition coefficient (Wildman–Crippen LogP) is 1.38. The van der Waals surface area contributed by atoms with Crippen LogP contribution in [0.1, 0.15) is 18.7 Å². The molecular formula is C18H20N8O. The van der Waals surface area contributed by atoms with Crippen LogP contribution in [0.25, 0.3) is 22.2 Å². The first-order valence-electron chi connectivity index (χ1n) is 9.15. The number of rotatable bonds is 4. The van der Waals surface area contributed by atoms with Gasteiger partial charge in [0.2, 0.25) is 5.91 Å². The van der Waals surface area contributed by atoms with Crippen LogP contribution in [0.3, 0.4) is 0 Å². The second kappa shape index (κ2) is 6.27. The summed E-state index contributed by atoms with van der Waals surface area (Å²) in [7, 11) is 1.82. The summed E-state index contributed by atoms with van der Waals surface area (Å²) in [6.45, 7) is 1.56. The zero-order valence-electron chi connectivity index (χ0n) is 15.0. The van der Waals surface area contributed by atoms with Crippen molar-refractivity contribution in [3.05, 3.63) is 24.3 Å². The number of fused-ring (bicyclic) bond motifs is 2. The van der Waals surface area contributed by atoms with Gasteiger partial charge in [-0.15, -0.1) is 5.10 Å². The van der Waals surface area contributed by atoms with E-state index in [9.17, 15) is 4.79 Å². The van der Waals surface area contributed by atoms with Gasteiger partial charge in [0.15, 0.2) is 5.82 Å². The highest BCUT2D eigenvalue weighted by molar-refractivity contribution is 6.03. The van der Waals surface area contributed by atoms with Crippen LogP contribution in [0.15, 0.2) is 18.5 Å². The first kappa shape index (κ1) is 16.1. The predicted molar refractivity (Wildman–Crippen MR) is 101 cm³/mol. The fraction of sp³-hybridized carbons (Fsp3) is 0.389. The number of hydrogen-bond donors (Lipinski definition) is 3. The molecule has 0 atom stereocenters. The molecule has 1 fully saturated rings. The van der Waals surface area contributed by atoms with Crippen LogP contribution >= 0.6 is 0 Å². The summed E-state index contributed by atoms with van der Waals surface area (Å²) in [6, 6.07) is 1.88. The lowest BCUT2D eigenvalue weighted by Crippen LogP contribution is -2.29. The highest BCUT2D eigenvalue weighted by Gasteiger charge is 2.30. The Hall–Kier alpha value is -3.07. The van der Waals surface area contributed by atoms with Gasteiger partial charge >= 0.3 is 0 Å². The van der Waals surface area contributed by atoms with Gasteiger partial charge in [-0.05, 0) is 18.9 Å². The molecule has 9 nitrogen and oxygen atoms in total. The zero-order valence-corrected chi connectivity index (χ0v) is 15.0. The monoisotopic (exact) mass is 364 g/mol. The van der Waals surface area contributed by atoms with Crippen molar-refractivity contribution in [3.8, 4) is 11.4 Å². The molecule has 3 aromatic rings. The number of hydrogen-bond acceptors (Lipinski definition) is 7. The average molecular weight is 364 g/mol. The van der Waals surface area contributed by atoms with E-state index >= 15 is 0 Å². The van der Waals surface area contributed by atoms with E-state index < -0.39 is 0 Å². The lowest BCUT2D eigenvalue weighted by molar-refractivity contribution is -0.117. The quantitative estimate of drug-likeness (QED) is 0.641. The molecule has 9 heteroatoms. The molecule has 0 saturated heterocycles. The summed E-state index contributed by atoms with van der Waals surface area (Å²) in [5.41, 5.74) is 0.829. The van der Waals surface area contributed by atoms with E-state index in [1.807, 2.05) is 17.8 Å². The molecular weight excluding hydrogens is 344 g/mol. The number of aromatic nitrogens is 5. The summed E-state index contributed by atoms with van der Waals surface area (Å²) < 4.78 is 1.88. The lowest BCUT2D eigenvalue weighted by atomic mass is 10.1. The normalized spacial score (nSPS) is 16.2. The minimum atomic E-state index is 0.0351. The number of carbonyl (C=O) groups is 1. The Bertz CT molecular complexity index is 1020. The SMILES string of the molecule is CNc1ncc(-c2nc3n(n2)CNCC3)c2cc(NC(=O)C3CC3)ncc12. The summed E-state index contributed by atoms with van der Waals surface area (Å²) >= 11 is 0. The number of amides is 1. The first-order valence-corrected chi connectivity index (χ1v) is 9.15. The van der Waals surface area contributed by atoms with Crippen LogP contribution < -0.4 is 16.0 Å². The van der Waals surface area contributed by atoms with Crippen molar-refractivity contribution in [2.45, 2.75) is 25.9 Å². The third kappa shape index (κ3) is 2.89. The Balaban J connectivity index is 1.61. The molecule has 1 saturated carbocycles. The van der Waals surface area contributed by atoms with Crippen molar-refractivity contribution in [1.29, 1.82) is 0 Å². The molecule has 0 radical (unpaired) electrons. The summed E-state index contributed by atoms with van der Waals surface area (Å²) in [4.78, 5) is 25.7. The van der Waals surface area contributed by atoms with Gasteiger partial charge in [0.05, 0.1) is 6.67 Å². The largest absolute Gasteiger partial charge is 0.373 e. The fourth-order valence-electron chi connectivity index (χ4n) is 3.34. The maximum absolute atomic E-state index is 12.1. The van der Waals surface area contributed by atoms with Crippen LogP contribution in [0, 0.1) is 5.92 Å². The Labute approximate surface area is 155 Å². The minimum Gasteiger partial charge on any atom is -0.373 e. The molecule has 4 heterocycles. The maximum Gasteiger partial charge on any atom is 0.228 e. The van der Waals surface area contributed by atoms with Gasteiger partial charge in [0, 0.05) is 54.7 Å². The molecule has 1 aliphatic carbocycles. The van der Waals surface area contributed by atoms with Gasteiger partial charge in [-0.3, -0.25) is 10.1 Å². The van der Waals surface area contributed by atoms with E-state index in [2.05, 4.69) is 31.0 Å². The average Bonchev–Trinajstić information content (AvgIpc) is 3.46. The molecule has 138 valence electrons. The number of anilines is 2. The van der Waals surface area contributed by atoms with E-state index in [1.165, 1.54) is 0 Å². The number of carbonyl (C=O) groups excluding carboxylic acids is 1. The van der Waals surface area contributed by atoms with Gasteiger partial charge in [-0.25, -0.2) is 19.6 Å². The van der Waals surface area contributed by atoms with Crippen molar-refractivity contribution in [2.24, 2.45) is 5.92 Å². The highest BCUT2D eigenvalue weighted by Crippen LogP contribution is 2.33. The van der Waals surface area contributed by atoms with Gasteiger partial charge in [-0.1, -0.05) is 0 Å². The van der Waals surface area contributed by atoms with Crippen LogP contribution in [-0.2, 0) is 17.9 Å². The Morgan fingerprint density at radius 2 is 2.15 bits per heavy atom. The third-order valence-electron chi connectivity index (χ3n) is 4.98. The molecule has 1 aliphatic heterocycles. The van der Waals surface area contributed by atoms with E-state index in [0.29, 0.717) is 18.3 Å². The second-order valence-corrected chi connectivity index (χ2v) is 6.91. The van der Waals surface area contributed by atoms with Crippen LogP contribution in [0.2, 0.25) is 0 Å². The van der Waals surface area contributed by atoms with E-state index in [4.69, 9.17) is 4.98 Å². The van der Waals surface area contributed by atoms with Crippen molar-refractivity contribution < 1.29 is 4.79 Å². The Kier molecular flexibility index (Phi) is 3.75. The molecule has 2 aliphatic rings.